The minimum absolute atomic E-state index is 0.0375. The normalized spacial score (nSPS) is 33.7. The number of aliphatic carboxylic acids is 2. The Bertz CT molecular complexity index is 966. The molecule has 0 amide bonds. The van der Waals surface area contributed by atoms with Crippen molar-refractivity contribution in [1.82, 2.24) is 0 Å². The van der Waals surface area contributed by atoms with Crippen LogP contribution in [0, 0.1) is 54.3 Å². The largest absolute Gasteiger partial charge is 0.481 e. The van der Waals surface area contributed by atoms with Gasteiger partial charge in [0.05, 0.1) is 35.7 Å². The Morgan fingerprint density at radius 3 is 1.85 bits per heavy atom. The summed E-state index contributed by atoms with van der Waals surface area (Å²) in [5, 5.41) is 48.9. The van der Waals surface area contributed by atoms with Gasteiger partial charge < -0.3 is 30.3 Å². The number of hydrogen-bond donors (Lipinski definition) is 5. The molecule has 0 aromatic heterocycles. The number of allylic oxidation sites excluding steroid dienone is 1. The zero-order valence-corrected chi connectivity index (χ0v) is 25.6. The Morgan fingerprint density at radius 2 is 1.49 bits per heavy atom. The number of terminal acetylenes is 2. The molecule has 4 aliphatic rings. The van der Waals surface area contributed by atoms with Gasteiger partial charge in [-0.1, -0.05) is 33.3 Å². The molecule has 41 heavy (non-hydrogen) atoms. The van der Waals surface area contributed by atoms with Crippen LogP contribution in [-0.4, -0.2) is 73.8 Å². The molecule has 0 aromatic carbocycles. The van der Waals surface area contributed by atoms with Crippen LogP contribution in [0.4, 0.5) is 0 Å². The van der Waals surface area contributed by atoms with E-state index in [2.05, 4.69) is 38.9 Å². The van der Waals surface area contributed by atoms with Crippen molar-refractivity contribution in [2.24, 2.45) is 28.6 Å². The fourth-order valence-electron chi connectivity index (χ4n) is 6.18. The third-order valence-electron chi connectivity index (χ3n) is 8.73. The number of ether oxygens (including phenoxy) is 1. The first-order valence-electron chi connectivity index (χ1n) is 13.4. The minimum Gasteiger partial charge on any atom is -0.481 e. The quantitative estimate of drug-likeness (QED) is 0.231. The number of rotatable bonds is 1. The van der Waals surface area contributed by atoms with Crippen molar-refractivity contribution in [3.05, 3.63) is 24.3 Å². The second-order valence-electron chi connectivity index (χ2n) is 11.5. The molecule has 0 spiro atoms. The number of carbonyl (C=O) groups is 3. The van der Waals surface area contributed by atoms with E-state index in [4.69, 9.17) is 19.7 Å². The molecule has 0 radical (unpaired) electrons. The summed E-state index contributed by atoms with van der Waals surface area (Å²) >= 11 is 0. The highest BCUT2D eigenvalue weighted by atomic mass is 16.5. The number of ketones is 1. The number of carboxylic acid groups (broad SMARTS) is 2. The van der Waals surface area contributed by atoms with Crippen LogP contribution in [0.15, 0.2) is 24.3 Å². The second kappa shape index (κ2) is 16.5. The van der Waals surface area contributed by atoms with E-state index in [1.54, 1.807) is 20.8 Å². The smallest absolute Gasteiger partial charge is 0.305 e. The lowest BCUT2D eigenvalue weighted by Crippen LogP contribution is -2.68. The summed E-state index contributed by atoms with van der Waals surface area (Å²) in [6, 6.07) is 0. The molecule has 7 atom stereocenters. The van der Waals surface area contributed by atoms with E-state index < -0.39 is 40.6 Å². The number of Topliss-reactive ketones (excluding diaryl/α,β-unsaturated/α-hetero) is 1. The first-order chi connectivity index (χ1) is 18.9. The fraction of sp³-hybridized carbons (Fsp3) is 0.656. The van der Waals surface area contributed by atoms with Gasteiger partial charge in [-0.05, 0) is 44.6 Å². The molecule has 3 aliphatic carbocycles. The van der Waals surface area contributed by atoms with Crippen molar-refractivity contribution in [3.63, 3.8) is 0 Å². The van der Waals surface area contributed by atoms with Gasteiger partial charge in [-0.2, -0.15) is 0 Å². The van der Waals surface area contributed by atoms with E-state index >= 15 is 0 Å². The van der Waals surface area contributed by atoms with Gasteiger partial charge >= 0.3 is 5.97 Å². The van der Waals surface area contributed by atoms with Crippen LogP contribution in [0.2, 0.25) is 0 Å². The number of aliphatic hydroxyl groups is 3. The number of fused-ring (bicyclic) bond motifs is 5. The minimum atomic E-state index is -1.26. The predicted molar refractivity (Wildman–Crippen MR) is 159 cm³/mol. The van der Waals surface area contributed by atoms with Gasteiger partial charge in [-0.15, -0.1) is 38.9 Å². The summed E-state index contributed by atoms with van der Waals surface area (Å²) in [5.41, 5.74) is -1.06. The highest BCUT2D eigenvalue weighted by Crippen LogP contribution is 2.60. The van der Waals surface area contributed by atoms with Crippen LogP contribution in [0.1, 0.15) is 74.1 Å². The van der Waals surface area contributed by atoms with Gasteiger partial charge in [-0.3, -0.25) is 14.4 Å². The summed E-state index contributed by atoms with van der Waals surface area (Å²) in [7, 11) is 0. The lowest BCUT2D eigenvalue weighted by Gasteiger charge is -2.61. The maximum absolute atomic E-state index is 13.4. The Hall–Kier alpha value is -2.95. The third-order valence-corrected chi connectivity index (χ3v) is 8.73. The molecule has 2 bridgehead atoms. The summed E-state index contributed by atoms with van der Waals surface area (Å²) in [5.74, 6) is -2.11. The summed E-state index contributed by atoms with van der Waals surface area (Å²) in [6.07, 6.45) is 16.1. The van der Waals surface area contributed by atoms with Gasteiger partial charge in [0.15, 0.2) is 5.78 Å². The van der Waals surface area contributed by atoms with Gasteiger partial charge in [0.25, 0.3) is 5.97 Å². The molecule has 9 heteroatoms. The van der Waals surface area contributed by atoms with Crippen molar-refractivity contribution in [3.8, 4) is 25.7 Å². The van der Waals surface area contributed by atoms with E-state index in [0.717, 1.165) is 12.5 Å². The first-order valence-corrected chi connectivity index (χ1v) is 13.4. The van der Waals surface area contributed by atoms with Crippen molar-refractivity contribution in [2.75, 3.05) is 6.61 Å². The molecule has 1 heterocycles. The monoisotopic (exact) mass is 578 g/mol. The SMILES string of the molecule is C#C.C#C.C=C.CC(=O)O.CC(C)C(=O)O.CC1=C2[C@@H](O)C(=O)[C@@]3(C)C(C[C@](O)(CC1)C2(C)C)[C@@H]1CO[C@@H]1C[C@@H]3O. The van der Waals surface area contributed by atoms with Crippen LogP contribution >= 0.6 is 0 Å². The molecule has 2 saturated carbocycles. The standard InChI is InChI=1S/C20H30O5.C4H8O2.C2H4O2.C2H4.2C2H2/c1-10-5-6-20(24)8-12-11-9-25-13(11)7-14(21)19(12,4)17(23)16(22)15(10)18(20,2)3;1-3(2)4(5)6;1-2(3)4;3*1-2/h11-14,16,21-22,24H,5-9H2,1-4H3;3H,1-2H3,(H,5,6);1H3,(H,3,4);1-2H2;2*1-2H/t11-,12?,13+,14-,16+,19-,20+;;;;;/m0...../s1. The second-order valence-corrected chi connectivity index (χ2v) is 11.5. The molecule has 1 saturated heterocycles. The molecule has 0 aromatic rings. The van der Waals surface area contributed by atoms with E-state index in [9.17, 15) is 24.9 Å². The third kappa shape index (κ3) is 8.30. The fourth-order valence-corrected chi connectivity index (χ4v) is 6.18. The van der Waals surface area contributed by atoms with Crippen molar-refractivity contribution in [1.29, 1.82) is 0 Å². The summed E-state index contributed by atoms with van der Waals surface area (Å²) in [4.78, 5) is 32.1. The molecule has 5 N–H and O–H groups in total. The van der Waals surface area contributed by atoms with Crippen molar-refractivity contribution < 1.29 is 44.7 Å². The molecule has 1 unspecified atom stereocenters. The van der Waals surface area contributed by atoms with E-state index in [-0.39, 0.29) is 29.6 Å². The van der Waals surface area contributed by atoms with Gasteiger partial charge in [0.1, 0.15) is 6.10 Å². The molecule has 4 rings (SSSR count). The maximum Gasteiger partial charge on any atom is 0.305 e. The average Bonchev–Trinajstić information content (AvgIpc) is 2.90. The zero-order chi connectivity index (χ0) is 33.1. The molecule has 9 nitrogen and oxygen atoms in total. The van der Waals surface area contributed by atoms with Crippen LogP contribution in [0.5, 0.6) is 0 Å². The predicted octanol–water partition coefficient (Wildman–Crippen LogP) is 3.71. The topological polar surface area (TPSA) is 162 Å². The average molecular weight is 579 g/mol. The van der Waals surface area contributed by atoms with E-state index in [0.29, 0.717) is 37.9 Å². The lowest BCUT2D eigenvalue weighted by molar-refractivity contribution is -0.241. The van der Waals surface area contributed by atoms with Crippen molar-refractivity contribution >= 4 is 17.7 Å². The Labute approximate surface area is 245 Å². The number of carbonyl (C=O) groups excluding carboxylic acids is 1. The first kappa shape index (κ1) is 40.2. The molecule has 3 fully saturated rings. The van der Waals surface area contributed by atoms with E-state index in [1.807, 2.05) is 20.8 Å². The number of aliphatic hydroxyl groups excluding tert-OH is 2. The molecule has 232 valence electrons. The van der Waals surface area contributed by atoms with Crippen LogP contribution in [0.25, 0.3) is 0 Å². The molecular weight excluding hydrogens is 528 g/mol. The van der Waals surface area contributed by atoms with Gasteiger partial charge in [-0.25, -0.2) is 0 Å². The highest BCUT2D eigenvalue weighted by Gasteiger charge is 2.65. The Balaban J connectivity index is 0. The molecule has 1 aliphatic heterocycles. The summed E-state index contributed by atoms with van der Waals surface area (Å²) < 4.78 is 5.61. The van der Waals surface area contributed by atoms with Gasteiger partial charge in [0, 0.05) is 24.7 Å². The molecular formula is C32H50O9. The van der Waals surface area contributed by atoms with Crippen LogP contribution in [-0.2, 0) is 19.1 Å². The van der Waals surface area contributed by atoms with Gasteiger partial charge in [0.2, 0.25) is 0 Å². The Kier molecular flexibility index (Phi) is 16.2. The zero-order valence-electron chi connectivity index (χ0n) is 25.6. The lowest BCUT2D eigenvalue weighted by atomic mass is 9.47. The van der Waals surface area contributed by atoms with E-state index in [1.165, 1.54) is 0 Å². The number of carboxylic acids is 2. The highest BCUT2D eigenvalue weighted by molar-refractivity contribution is 5.92. The number of hydrogen-bond acceptors (Lipinski definition) is 7. The Morgan fingerprint density at radius 1 is 1.05 bits per heavy atom. The maximum atomic E-state index is 13.4. The summed E-state index contributed by atoms with van der Waals surface area (Å²) in [6.45, 7) is 18.6. The van der Waals surface area contributed by atoms with Crippen molar-refractivity contribution in [2.45, 2.75) is 98.1 Å². The van der Waals surface area contributed by atoms with Crippen LogP contribution in [0.3, 0.4) is 0 Å². The van der Waals surface area contributed by atoms with Crippen LogP contribution < -0.4 is 0 Å².